The Hall–Kier alpha value is -1.39. The molecule has 4 heteroatoms. The zero-order valence-electron chi connectivity index (χ0n) is 12.0. The molecule has 1 aromatic carbocycles. The summed E-state index contributed by atoms with van der Waals surface area (Å²) in [6.45, 7) is 7.81. The molecule has 1 N–H and O–H groups in total. The lowest BCUT2D eigenvalue weighted by Crippen LogP contribution is -2.21. The van der Waals surface area contributed by atoms with Crippen LogP contribution < -0.4 is 10.2 Å². The number of nitrogens with one attached hydrogen (secondary N) is 1. The van der Waals surface area contributed by atoms with Crippen LogP contribution in [-0.2, 0) is 13.1 Å². The molecular weight excluding hydrogens is 271 g/mol. The van der Waals surface area contributed by atoms with E-state index in [0.717, 1.165) is 31.9 Å². The third-order valence-electron chi connectivity index (χ3n) is 3.17. The Morgan fingerprint density at radius 2 is 1.95 bits per heavy atom. The topological polar surface area (TPSA) is 15.3 Å². The van der Waals surface area contributed by atoms with Crippen molar-refractivity contribution in [1.29, 1.82) is 0 Å². The van der Waals surface area contributed by atoms with Gasteiger partial charge >= 0.3 is 0 Å². The van der Waals surface area contributed by atoms with Gasteiger partial charge in [0.1, 0.15) is 5.82 Å². The Bertz CT molecular complexity index is 539. The first kappa shape index (κ1) is 15.0. The second-order valence-corrected chi connectivity index (χ2v) is 5.90. The smallest absolute Gasteiger partial charge is 0.125 e. The standard InChI is InChI=1S/C16H21FN2S/c1-3-18-11-15-8-9-16(20-15)12-19(4-2)14-7-5-6-13(17)10-14/h5-10,18H,3-4,11-12H2,1-2H3. The summed E-state index contributed by atoms with van der Waals surface area (Å²) >= 11 is 1.82. The third-order valence-corrected chi connectivity index (χ3v) is 4.24. The van der Waals surface area contributed by atoms with Crippen molar-refractivity contribution >= 4 is 17.0 Å². The molecule has 1 aromatic heterocycles. The number of halogens is 1. The summed E-state index contributed by atoms with van der Waals surface area (Å²) < 4.78 is 13.3. The lowest BCUT2D eigenvalue weighted by atomic mass is 10.2. The van der Waals surface area contributed by atoms with Crippen LogP contribution in [0.1, 0.15) is 23.6 Å². The number of thiophene rings is 1. The first-order valence-corrected chi connectivity index (χ1v) is 7.83. The van der Waals surface area contributed by atoms with Gasteiger partial charge in [0.05, 0.1) is 6.54 Å². The van der Waals surface area contributed by atoms with Crippen molar-refractivity contribution < 1.29 is 4.39 Å². The van der Waals surface area contributed by atoms with Crippen molar-refractivity contribution in [2.45, 2.75) is 26.9 Å². The fourth-order valence-electron chi connectivity index (χ4n) is 2.10. The van der Waals surface area contributed by atoms with Crippen molar-refractivity contribution in [3.05, 3.63) is 52.0 Å². The predicted octanol–water partition coefficient (Wildman–Crippen LogP) is 4.02. The van der Waals surface area contributed by atoms with Gasteiger partial charge in [-0.15, -0.1) is 11.3 Å². The van der Waals surface area contributed by atoms with Crippen LogP contribution in [0.15, 0.2) is 36.4 Å². The summed E-state index contributed by atoms with van der Waals surface area (Å²) in [5, 5.41) is 3.33. The first-order chi connectivity index (χ1) is 9.72. The van der Waals surface area contributed by atoms with Crippen LogP contribution in [0.4, 0.5) is 10.1 Å². The van der Waals surface area contributed by atoms with Gasteiger partial charge in [0.15, 0.2) is 0 Å². The van der Waals surface area contributed by atoms with Gasteiger partial charge in [0, 0.05) is 28.5 Å². The monoisotopic (exact) mass is 292 g/mol. The van der Waals surface area contributed by atoms with E-state index < -0.39 is 0 Å². The predicted molar refractivity (Wildman–Crippen MR) is 84.8 cm³/mol. The number of benzene rings is 1. The normalized spacial score (nSPS) is 10.8. The van der Waals surface area contributed by atoms with Crippen LogP contribution in [0.2, 0.25) is 0 Å². The van der Waals surface area contributed by atoms with E-state index in [0.29, 0.717) is 0 Å². The molecule has 1 heterocycles. The molecule has 0 saturated heterocycles. The van der Waals surface area contributed by atoms with Gasteiger partial charge in [-0.25, -0.2) is 4.39 Å². The zero-order chi connectivity index (χ0) is 14.4. The summed E-state index contributed by atoms with van der Waals surface area (Å²) in [5.41, 5.74) is 0.939. The van der Waals surface area contributed by atoms with Crippen LogP contribution in [-0.4, -0.2) is 13.1 Å². The lowest BCUT2D eigenvalue weighted by molar-refractivity contribution is 0.626. The van der Waals surface area contributed by atoms with Crippen molar-refractivity contribution in [1.82, 2.24) is 5.32 Å². The van der Waals surface area contributed by atoms with Gasteiger partial charge in [-0.1, -0.05) is 13.0 Å². The van der Waals surface area contributed by atoms with Crippen molar-refractivity contribution in [3.63, 3.8) is 0 Å². The number of hydrogen-bond donors (Lipinski definition) is 1. The minimum atomic E-state index is -0.181. The van der Waals surface area contributed by atoms with Crippen molar-refractivity contribution in [2.75, 3.05) is 18.0 Å². The van der Waals surface area contributed by atoms with E-state index in [1.165, 1.54) is 15.8 Å². The zero-order valence-corrected chi connectivity index (χ0v) is 12.8. The Morgan fingerprint density at radius 3 is 2.65 bits per heavy atom. The molecule has 0 bridgehead atoms. The first-order valence-electron chi connectivity index (χ1n) is 7.01. The van der Waals surface area contributed by atoms with E-state index in [-0.39, 0.29) is 5.82 Å². The molecule has 0 spiro atoms. The third kappa shape index (κ3) is 4.05. The van der Waals surface area contributed by atoms with E-state index in [1.807, 2.05) is 17.4 Å². The molecule has 108 valence electrons. The Morgan fingerprint density at radius 1 is 1.15 bits per heavy atom. The van der Waals surface area contributed by atoms with Gasteiger partial charge in [0.2, 0.25) is 0 Å². The molecule has 2 rings (SSSR count). The Balaban J connectivity index is 2.04. The average Bonchev–Trinajstić information content (AvgIpc) is 2.90. The van der Waals surface area contributed by atoms with Crippen LogP contribution in [0.25, 0.3) is 0 Å². The van der Waals surface area contributed by atoms with E-state index in [2.05, 4.69) is 36.2 Å². The second kappa shape index (κ2) is 7.41. The van der Waals surface area contributed by atoms with Gasteiger partial charge in [-0.2, -0.15) is 0 Å². The summed E-state index contributed by atoms with van der Waals surface area (Å²) in [4.78, 5) is 4.84. The molecule has 0 fully saturated rings. The quantitative estimate of drug-likeness (QED) is 0.829. The number of hydrogen-bond acceptors (Lipinski definition) is 3. The molecule has 0 unspecified atom stereocenters. The highest BCUT2D eigenvalue weighted by Gasteiger charge is 2.08. The SMILES string of the molecule is CCNCc1ccc(CN(CC)c2cccc(F)c2)s1. The van der Waals surface area contributed by atoms with E-state index in [9.17, 15) is 4.39 Å². The Labute approximate surface area is 124 Å². The summed E-state index contributed by atoms with van der Waals surface area (Å²) in [7, 11) is 0. The minimum Gasteiger partial charge on any atom is -0.367 e. The molecule has 0 aliphatic rings. The van der Waals surface area contributed by atoms with E-state index in [4.69, 9.17) is 0 Å². The molecule has 0 radical (unpaired) electrons. The summed E-state index contributed by atoms with van der Waals surface area (Å²) in [6.07, 6.45) is 0. The number of rotatable bonds is 7. The van der Waals surface area contributed by atoms with Gasteiger partial charge in [-0.05, 0) is 43.8 Å². The number of nitrogens with zero attached hydrogens (tertiary/aromatic N) is 1. The van der Waals surface area contributed by atoms with Crippen LogP contribution >= 0.6 is 11.3 Å². The maximum atomic E-state index is 13.3. The van der Waals surface area contributed by atoms with Crippen LogP contribution in [0.5, 0.6) is 0 Å². The average molecular weight is 292 g/mol. The van der Waals surface area contributed by atoms with Crippen LogP contribution in [0.3, 0.4) is 0 Å². The summed E-state index contributed by atoms with van der Waals surface area (Å²) in [5.74, 6) is -0.181. The molecule has 0 saturated carbocycles. The van der Waals surface area contributed by atoms with Gasteiger partial charge in [-0.3, -0.25) is 0 Å². The van der Waals surface area contributed by atoms with E-state index in [1.54, 1.807) is 12.1 Å². The molecular formula is C16H21FN2S. The highest BCUT2D eigenvalue weighted by molar-refractivity contribution is 7.12. The summed E-state index contributed by atoms with van der Waals surface area (Å²) in [6, 6.07) is 11.1. The van der Waals surface area contributed by atoms with Crippen molar-refractivity contribution in [3.8, 4) is 0 Å². The second-order valence-electron chi connectivity index (χ2n) is 4.64. The Kier molecular flexibility index (Phi) is 5.56. The maximum Gasteiger partial charge on any atom is 0.125 e. The molecule has 0 atom stereocenters. The van der Waals surface area contributed by atoms with E-state index >= 15 is 0 Å². The molecule has 0 aliphatic heterocycles. The molecule has 2 aromatic rings. The number of anilines is 1. The van der Waals surface area contributed by atoms with Gasteiger partial charge in [0.25, 0.3) is 0 Å². The van der Waals surface area contributed by atoms with Crippen LogP contribution in [0, 0.1) is 5.82 Å². The fraction of sp³-hybridized carbons (Fsp3) is 0.375. The molecule has 20 heavy (non-hydrogen) atoms. The van der Waals surface area contributed by atoms with Crippen molar-refractivity contribution in [2.24, 2.45) is 0 Å². The largest absolute Gasteiger partial charge is 0.367 e. The highest BCUT2D eigenvalue weighted by Crippen LogP contribution is 2.22. The fourth-order valence-corrected chi connectivity index (χ4v) is 3.10. The highest BCUT2D eigenvalue weighted by atomic mass is 32.1. The van der Waals surface area contributed by atoms with Gasteiger partial charge < -0.3 is 10.2 Å². The molecule has 0 aliphatic carbocycles. The minimum absolute atomic E-state index is 0.181. The molecule has 0 amide bonds. The molecule has 2 nitrogen and oxygen atoms in total. The maximum absolute atomic E-state index is 13.3. The lowest BCUT2D eigenvalue weighted by Gasteiger charge is -2.22.